The molecule has 6 rings (SSSR count). The van der Waals surface area contributed by atoms with E-state index < -0.39 is 23.9 Å². The second-order valence-electron chi connectivity index (χ2n) is 11.4. The number of fused-ring (bicyclic) bond motifs is 6. The number of alkyl halides is 6. The summed E-state index contributed by atoms with van der Waals surface area (Å²) in [6.07, 6.45) is -4.65. The normalized spacial score (nSPS) is 15.2. The maximum Gasteiger partial charge on any atom is 0.458 e. The van der Waals surface area contributed by atoms with E-state index in [9.17, 15) is 45.5 Å². The number of ketones is 2. The van der Waals surface area contributed by atoms with E-state index >= 15 is 0 Å². The molecule has 4 N–H and O–H groups in total. The number of likely N-dealkylation sites (tertiary alicyclic amines) is 1. The number of carbonyl (C=O) groups is 4. The molecular formula is C33H27ClF6N8O4. The highest BCUT2D eigenvalue weighted by Gasteiger charge is 2.54. The largest absolute Gasteiger partial charge is 0.458 e. The minimum Gasteiger partial charge on any atom is -0.339 e. The number of aromatic nitrogens is 3. The highest BCUT2D eigenvalue weighted by atomic mass is 35.5. The Kier molecular flexibility index (Phi) is 11.3. The van der Waals surface area contributed by atoms with Crippen LogP contribution in [-0.2, 0) is 22.4 Å². The molecule has 2 aromatic heterocycles. The lowest BCUT2D eigenvalue weighted by atomic mass is 10.0. The molecular weight excluding hydrogens is 722 g/mol. The van der Waals surface area contributed by atoms with Crippen molar-refractivity contribution < 1.29 is 45.5 Å². The van der Waals surface area contributed by atoms with Crippen molar-refractivity contribution in [3.8, 4) is 0 Å². The van der Waals surface area contributed by atoms with Crippen molar-refractivity contribution in [3.63, 3.8) is 0 Å². The van der Waals surface area contributed by atoms with Gasteiger partial charge in [-0.2, -0.15) is 31.3 Å². The molecule has 19 heteroatoms. The Balaban J connectivity index is 0.000000376. The first kappa shape index (κ1) is 37.5. The zero-order chi connectivity index (χ0) is 37.6. The van der Waals surface area contributed by atoms with Crippen LogP contribution in [0.2, 0.25) is 5.02 Å². The maximum atomic E-state index is 13.0. The van der Waals surface area contributed by atoms with E-state index in [1.807, 2.05) is 30.3 Å². The number of anilines is 5. The Morgan fingerprint density at radius 3 is 2.29 bits per heavy atom. The van der Waals surface area contributed by atoms with E-state index in [1.165, 1.54) is 0 Å². The summed E-state index contributed by atoms with van der Waals surface area (Å²) in [7, 11) is 0. The number of nitrogens with one attached hydrogen (secondary N) is 4. The lowest BCUT2D eigenvalue weighted by Crippen LogP contribution is -2.40. The van der Waals surface area contributed by atoms with Gasteiger partial charge in [-0.3, -0.25) is 19.4 Å². The zero-order valence-electron chi connectivity index (χ0n) is 26.6. The number of amides is 3. The average Bonchev–Trinajstić information content (AvgIpc) is 3.56. The molecule has 1 fully saturated rings. The van der Waals surface area contributed by atoms with Crippen LogP contribution in [0.25, 0.3) is 0 Å². The second-order valence-corrected chi connectivity index (χ2v) is 11.9. The van der Waals surface area contributed by atoms with E-state index in [1.54, 1.807) is 35.6 Å². The molecule has 3 amide bonds. The monoisotopic (exact) mass is 748 g/mol. The molecule has 0 aliphatic carbocycles. The van der Waals surface area contributed by atoms with Gasteiger partial charge in [0.15, 0.2) is 5.82 Å². The Morgan fingerprint density at radius 2 is 1.60 bits per heavy atom. The standard InChI is InChI=1S/C29H27ClN8O2.C4F6O2/c30-24-16-32-28-34-21-5-1-3-18(13-21)6-7-19-14-22(33-26(24)37-28)8-9-25(19)36-29(40)35-23-10-12-38(17-23)27(39)20-4-2-11-31-15-20;5-3(6,7)1(11)2(12)4(8,9)10/h1-5,8-9,11,13-16,23H,6-7,10,12,17H2,(H2,35,36,40)(H2,32,33,34,37);/t23-;/m0./s1. The van der Waals surface area contributed by atoms with E-state index in [-0.39, 0.29) is 18.0 Å². The predicted molar refractivity (Wildman–Crippen MR) is 177 cm³/mol. The number of aryl methyl sites for hydroxylation is 2. The molecule has 2 aliphatic rings. The quantitative estimate of drug-likeness (QED) is 0.137. The Hall–Kier alpha value is -5.78. The average molecular weight is 749 g/mol. The third-order valence-corrected chi connectivity index (χ3v) is 7.94. The highest BCUT2D eigenvalue weighted by molar-refractivity contribution is 6.41. The van der Waals surface area contributed by atoms with Crippen LogP contribution in [0.3, 0.4) is 0 Å². The molecule has 2 aromatic carbocycles. The summed E-state index contributed by atoms with van der Waals surface area (Å²) in [4.78, 5) is 59.6. The summed E-state index contributed by atoms with van der Waals surface area (Å²) in [5.74, 6) is -5.98. The van der Waals surface area contributed by atoms with Crippen LogP contribution in [-0.4, -0.2) is 74.8 Å². The van der Waals surface area contributed by atoms with Crippen LogP contribution in [0.15, 0.2) is 73.2 Å². The maximum absolute atomic E-state index is 13.0. The second kappa shape index (κ2) is 15.6. The molecule has 1 atom stereocenters. The van der Waals surface area contributed by atoms with Crippen LogP contribution >= 0.6 is 11.6 Å². The van der Waals surface area contributed by atoms with Gasteiger partial charge < -0.3 is 26.2 Å². The number of rotatable bonds is 4. The first-order valence-corrected chi connectivity index (χ1v) is 15.7. The number of nitrogens with zero attached hydrogens (tertiary/aromatic N) is 4. The van der Waals surface area contributed by atoms with Crippen LogP contribution in [0.1, 0.15) is 27.9 Å². The van der Waals surface area contributed by atoms with E-state index in [0.29, 0.717) is 54.0 Å². The van der Waals surface area contributed by atoms with Gasteiger partial charge in [0.1, 0.15) is 5.02 Å². The smallest absolute Gasteiger partial charge is 0.339 e. The molecule has 0 radical (unpaired) electrons. The summed E-state index contributed by atoms with van der Waals surface area (Å²) in [6.45, 7) is 1.02. The zero-order valence-corrected chi connectivity index (χ0v) is 27.4. The van der Waals surface area contributed by atoms with Crippen molar-refractivity contribution in [2.24, 2.45) is 0 Å². The van der Waals surface area contributed by atoms with E-state index in [2.05, 4.69) is 48.4 Å². The fourth-order valence-electron chi connectivity index (χ4n) is 5.20. The molecule has 12 nitrogen and oxygen atoms in total. The lowest BCUT2D eigenvalue weighted by molar-refractivity contribution is -0.193. The molecule has 0 saturated carbocycles. The van der Waals surface area contributed by atoms with Crippen molar-refractivity contribution in [1.29, 1.82) is 0 Å². The SMILES string of the molecule is O=C(C(=O)C(F)(F)F)C(F)(F)F.O=C(Nc1ccc2cc1CCc1cccc(c1)Nc1ncc(Cl)c(n1)N2)N[C@H]1CCN(C(=O)c2cccnc2)C1. The number of urea groups is 1. The van der Waals surface area contributed by atoms with Gasteiger partial charge in [-0.25, -0.2) is 9.78 Å². The van der Waals surface area contributed by atoms with Gasteiger partial charge in [0.2, 0.25) is 5.95 Å². The van der Waals surface area contributed by atoms with Crippen molar-refractivity contribution in [3.05, 3.63) is 94.9 Å². The van der Waals surface area contributed by atoms with Gasteiger partial charge in [0.05, 0.1) is 11.8 Å². The molecule has 6 bridgehead atoms. The van der Waals surface area contributed by atoms with Gasteiger partial charge >= 0.3 is 30.0 Å². The van der Waals surface area contributed by atoms with Crippen molar-refractivity contribution in [2.45, 2.75) is 37.7 Å². The summed E-state index contributed by atoms with van der Waals surface area (Å²) >= 11 is 6.37. The number of hydrogen-bond donors (Lipinski definition) is 4. The fraction of sp³-hybridized carbons (Fsp3) is 0.242. The number of pyridine rings is 1. The first-order chi connectivity index (χ1) is 24.6. The molecule has 0 unspecified atom stereocenters. The van der Waals surface area contributed by atoms with Crippen molar-refractivity contribution in [2.75, 3.05) is 29.0 Å². The number of Topliss-reactive ketones (excluding diaryl/α,β-unsaturated/α-hetero) is 2. The highest BCUT2D eigenvalue weighted by Crippen LogP contribution is 2.30. The predicted octanol–water partition coefficient (Wildman–Crippen LogP) is 6.40. The van der Waals surface area contributed by atoms with Gasteiger partial charge in [0.25, 0.3) is 5.91 Å². The van der Waals surface area contributed by atoms with Crippen LogP contribution in [0.5, 0.6) is 0 Å². The van der Waals surface area contributed by atoms with Crippen LogP contribution in [0.4, 0.5) is 60.0 Å². The number of hydrogen-bond acceptors (Lipinski definition) is 9. The molecule has 2 aliphatic heterocycles. The van der Waals surface area contributed by atoms with Gasteiger partial charge in [-0.15, -0.1) is 0 Å². The summed E-state index contributed by atoms with van der Waals surface area (Å²) in [6, 6.07) is 16.8. The van der Waals surface area contributed by atoms with Gasteiger partial charge in [0, 0.05) is 48.6 Å². The summed E-state index contributed by atoms with van der Waals surface area (Å²) in [5, 5.41) is 12.9. The molecule has 52 heavy (non-hydrogen) atoms. The molecule has 0 spiro atoms. The number of benzene rings is 2. The third kappa shape index (κ3) is 9.71. The van der Waals surface area contributed by atoms with Gasteiger partial charge in [-0.05, 0) is 72.9 Å². The molecule has 4 aromatic rings. The Morgan fingerprint density at radius 1 is 0.865 bits per heavy atom. The Labute approximate surface area is 296 Å². The van der Waals surface area contributed by atoms with Crippen LogP contribution < -0.4 is 21.3 Å². The molecule has 4 heterocycles. The molecule has 1 saturated heterocycles. The number of carbonyl (C=O) groups excluding carboxylic acids is 4. The Bertz CT molecular complexity index is 1960. The van der Waals surface area contributed by atoms with Crippen molar-refractivity contribution >= 4 is 63.9 Å². The third-order valence-electron chi connectivity index (χ3n) is 7.67. The van der Waals surface area contributed by atoms with Crippen LogP contribution in [0, 0.1) is 0 Å². The van der Waals surface area contributed by atoms with E-state index in [0.717, 1.165) is 28.9 Å². The minimum atomic E-state index is -5.77. The lowest BCUT2D eigenvalue weighted by Gasteiger charge is -2.18. The summed E-state index contributed by atoms with van der Waals surface area (Å²) < 4.78 is 67.0. The van der Waals surface area contributed by atoms with E-state index in [4.69, 9.17) is 11.6 Å². The fourth-order valence-corrected chi connectivity index (χ4v) is 5.34. The topological polar surface area (TPSA) is 158 Å². The summed E-state index contributed by atoms with van der Waals surface area (Å²) in [5.41, 5.74) is 5.02. The van der Waals surface area contributed by atoms with Gasteiger partial charge in [-0.1, -0.05) is 23.7 Å². The van der Waals surface area contributed by atoms with Crippen molar-refractivity contribution in [1.82, 2.24) is 25.2 Å². The number of halogens is 7. The molecule has 272 valence electrons. The first-order valence-electron chi connectivity index (χ1n) is 15.3. The minimum absolute atomic E-state index is 0.0812.